The number of rotatable bonds is 6. The van der Waals surface area contributed by atoms with Crippen LogP contribution < -0.4 is 4.74 Å². The summed E-state index contributed by atoms with van der Waals surface area (Å²) in [6.45, 7) is 7.13. The maximum Gasteiger partial charge on any atom is 0.216 e. The zero-order chi connectivity index (χ0) is 11.1. The lowest BCUT2D eigenvalue weighted by Crippen LogP contribution is -2.03. The minimum atomic E-state index is 0.588. The highest BCUT2D eigenvalue weighted by Crippen LogP contribution is 2.30. The Kier molecular flexibility index (Phi) is 5.16. The topological polar surface area (TPSA) is 22.1 Å². The van der Waals surface area contributed by atoms with Crippen molar-refractivity contribution in [2.24, 2.45) is 0 Å². The van der Waals surface area contributed by atoms with E-state index in [1.54, 1.807) is 6.20 Å². The SMILES string of the molecule is CCCC(CC)c1cccnc1OCC. The van der Waals surface area contributed by atoms with Crippen LogP contribution in [0, 0.1) is 0 Å². The normalized spacial score (nSPS) is 12.5. The standard InChI is InChI=1S/C13H21NO/c1-4-8-11(5-2)12-9-7-10-14-13(12)15-6-3/h7,9-11H,4-6,8H2,1-3H3. The Hall–Kier alpha value is -1.05. The molecule has 1 unspecified atom stereocenters. The van der Waals surface area contributed by atoms with Gasteiger partial charge >= 0.3 is 0 Å². The van der Waals surface area contributed by atoms with E-state index in [2.05, 4.69) is 24.9 Å². The van der Waals surface area contributed by atoms with Gasteiger partial charge in [-0.3, -0.25) is 0 Å². The van der Waals surface area contributed by atoms with E-state index in [9.17, 15) is 0 Å². The smallest absolute Gasteiger partial charge is 0.216 e. The van der Waals surface area contributed by atoms with Crippen LogP contribution in [0.25, 0.3) is 0 Å². The zero-order valence-corrected chi connectivity index (χ0v) is 9.99. The molecular formula is C13H21NO. The summed E-state index contributed by atoms with van der Waals surface area (Å²) < 4.78 is 5.56. The lowest BCUT2D eigenvalue weighted by molar-refractivity contribution is 0.319. The molecule has 0 aromatic carbocycles. The molecule has 0 spiro atoms. The first-order valence-corrected chi connectivity index (χ1v) is 5.91. The summed E-state index contributed by atoms with van der Waals surface area (Å²) in [5, 5.41) is 0. The first-order chi connectivity index (χ1) is 7.33. The first-order valence-electron chi connectivity index (χ1n) is 5.91. The van der Waals surface area contributed by atoms with Gasteiger partial charge in [-0.1, -0.05) is 26.3 Å². The Labute approximate surface area is 92.7 Å². The number of nitrogens with zero attached hydrogens (tertiary/aromatic N) is 1. The molecule has 0 amide bonds. The second-order valence-electron chi connectivity index (χ2n) is 3.72. The van der Waals surface area contributed by atoms with Gasteiger partial charge < -0.3 is 4.74 Å². The van der Waals surface area contributed by atoms with Crippen LogP contribution >= 0.6 is 0 Å². The van der Waals surface area contributed by atoms with Gasteiger partial charge in [-0.25, -0.2) is 4.98 Å². The Morgan fingerprint density at radius 2 is 2.13 bits per heavy atom. The van der Waals surface area contributed by atoms with E-state index < -0.39 is 0 Å². The van der Waals surface area contributed by atoms with Crippen molar-refractivity contribution >= 4 is 0 Å². The molecule has 1 rings (SSSR count). The molecule has 1 aromatic rings. The molecule has 2 nitrogen and oxygen atoms in total. The number of pyridine rings is 1. The maximum atomic E-state index is 5.56. The quantitative estimate of drug-likeness (QED) is 0.708. The fraction of sp³-hybridized carbons (Fsp3) is 0.615. The van der Waals surface area contributed by atoms with E-state index in [-0.39, 0.29) is 0 Å². The fourth-order valence-electron chi connectivity index (χ4n) is 1.90. The molecule has 2 heteroatoms. The highest BCUT2D eigenvalue weighted by molar-refractivity contribution is 5.29. The predicted octanol–water partition coefficient (Wildman–Crippen LogP) is 3.77. The van der Waals surface area contributed by atoms with Gasteiger partial charge in [0.1, 0.15) is 0 Å². The minimum absolute atomic E-state index is 0.588. The highest BCUT2D eigenvalue weighted by Gasteiger charge is 2.14. The number of hydrogen-bond donors (Lipinski definition) is 0. The molecule has 0 N–H and O–H groups in total. The molecule has 0 fully saturated rings. The van der Waals surface area contributed by atoms with Gasteiger partial charge in [0.25, 0.3) is 0 Å². The van der Waals surface area contributed by atoms with Gasteiger partial charge in [0.05, 0.1) is 6.61 Å². The van der Waals surface area contributed by atoms with Crippen molar-refractivity contribution in [1.29, 1.82) is 0 Å². The van der Waals surface area contributed by atoms with Gasteiger partial charge in [-0.05, 0) is 31.7 Å². The average Bonchev–Trinajstić information content (AvgIpc) is 2.27. The minimum Gasteiger partial charge on any atom is -0.478 e. The molecule has 0 bridgehead atoms. The van der Waals surface area contributed by atoms with E-state index in [4.69, 9.17) is 4.74 Å². The van der Waals surface area contributed by atoms with Gasteiger partial charge in [-0.2, -0.15) is 0 Å². The maximum absolute atomic E-state index is 5.56. The largest absolute Gasteiger partial charge is 0.478 e. The van der Waals surface area contributed by atoms with Crippen LogP contribution in [0.15, 0.2) is 18.3 Å². The highest BCUT2D eigenvalue weighted by atomic mass is 16.5. The molecule has 15 heavy (non-hydrogen) atoms. The summed E-state index contributed by atoms with van der Waals surface area (Å²) in [5.41, 5.74) is 1.27. The summed E-state index contributed by atoms with van der Waals surface area (Å²) in [6.07, 6.45) is 5.37. The summed E-state index contributed by atoms with van der Waals surface area (Å²) >= 11 is 0. The Morgan fingerprint density at radius 1 is 1.33 bits per heavy atom. The van der Waals surface area contributed by atoms with Crippen LogP contribution in [-0.4, -0.2) is 11.6 Å². The number of hydrogen-bond acceptors (Lipinski definition) is 2. The molecule has 0 saturated carbocycles. The number of ether oxygens (including phenoxy) is 1. The molecule has 1 aromatic heterocycles. The van der Waals surface area contributed by atoms with E-state index in [0.29, 0.717) is 12.5 Å². The molecule has 0 aliphatic carbocycles. The van der Waals surface area contributed by atoms with Crippen LogP contribution in [0.2, 0.25) is 0 Å². The van der Waals surface area contributed by atoms with Crippen LogP contribution in [0.1, 0.15) is 51.5 Å². The monoisotopic (exact) mass is 207 g/mol. The number of aromatic nitrogens is 1. The third kappa shape index (κ3) is 3.22. The fourth-order valence-corrected chi connectivity index (χ4v) is 1.90. The lowest BCUT2D eigenvalue weighted by Gasteiger charge is -2.17. The van der Waals surface area contributed by atoms with Gasteiger partial charge in [0.15, 0.2) is 0 Å². The first kappa shape index (κ1) is 12.0. The van der Waals surface area contributed by atoms with E-state index >= 15 is 0 Å². The van der Waals surface area contributed by atoms with Crippen LogP contribution in [-0.2, 0) is 0 Å². The van der Waals surface area contributed by atoms with E-state index in [1.165, 1.54) is 18.4 Å². The summed E-state index contributed by atoms with van der Waals surface area (Å²) in [7, 11) is 0. The molecule has 0 radical (unpaired) electrons. The van der Waals surface area contributed by atoms with Crippen molar-refractivity contribution in [1.82, 2.24) is 4.98 Å². The third-order valence-electron chi connectivity index (χ3n) is 2.65. The van der Waals surface area contributed by atoms with Crippen molar-refractivity contribution < 1.29 is 4.74 Å². The Balaban J connectivity index is 2.88. The molecule has 0 aliphatic heterocycles. The van der Waals surface area contributed by atoms with Crippen molar-refractivity contribution in [3.05, 3.63) is 23.9 Å². The summed E-state index contributed by atoms with van der Waals surface area (Å²) in [4.78, 5) is 4.30. The molecule has 0 saturated heterocycles. The van der Waals surface area contributed by atoms with Gasteiger partial charge in [0, 0.05) is 11.8 Å². The second kappa shape index (κ2) is 6.44. The van der Waals surface area contributed by atoms with Gasteiger partial charge in [0.2, 0.25) is 5.88 Å². The van der Waals surface area contributed by atoms with Gasteiger partial charge in [-0.15, -0.1) is 0 Å². The second-order valence-corrected chi connectivity index (χ2v) is 3.72. The average molecular weight is 207 g/mol. The molecule has 84 valence electrons. The van der Waals surface area contributed by atoms with Crippen LogP contribution in [0.5, 0.6) is 5.88 Å². The van der Waals surface area contributed by atoms with Crippen molar-refractivity contribution in [3.63, 3.8) is 0 Å². The molecular weight excluding hydrogens is 186 g/mol. The summed E-state index contributed by atoms with van der Waals surface area (Å²) in [5.74, 6) is 1.41. The van der Waals surface area contributed by atoms with Crippen molar-refractivity contribution in [3.8, 4) is 5.88 Å². The Bertz CT molecular complexity index is 286. The molecule has 1 atom stereocenters. The van der Waals surface area contributed by atoms with E-state index in [0.717, 1.165) is 12.3 Å². The van der Waals surface area contributed by atoms with Crippen LogP contribution in [0.4, 0.5) is 0 Å². The Morgan fingerprint density at radius 3 is 2.73 bits per heavy atom. The third-order valence-corrected chi connectivity index (χ3v) is 2.65. The molecule has 0 aliphatic rings. The zero-order valence-electron chi connectivity index (χ0n) is 9.99. The van der Waals surface area contributed by atoms with E-state index in [1.807, 2.05) is 13.0 Å². The van der Waals surface area contributed by atoms with Crippen molar-refractivity contribution in [2.75, 3.05) is 6.61 Å². The summed E-state index contributed by atoms with van der Waals surface area (Å²) in [6, 6.07) is 4.14. The van der Waals surface area contributed by atoms with Crippen molar-refractivity contribution in [2.45, 2.75) is 46.0 Å². The predicted molar refractivity (Wildman–Crippen MR) is 63.3 cm³/mol. The molecule has 1 heterocycles. The van der Waals surface area contributed by atoms with Crippen LogP contribution in [0.3, 0.4) is 0 Å². The lowest BCUT2D eigenvalue weighted by atomic mass is 9.93.